The Labute approximate surface area is 219 Å². The molecule has 3 aliphatic rings. The van der Waals surface area contributed by atoms with Gasteiger partial charge in [0.2, 0.25) is 0 Å². The first kappa shape index (κ1) is 26.0. The molecule has 6 heteroatoms. The minimum Gasteiger partial charge on any atom is -0.444 e. The van der Waals surface area contributed by atoms with Crippen molar-refractivity contribution in [2.45, 2.75) is 77.0 Å². The molecule has 1 aromatic carbocycles. The van der Waals surface area contributed by atoms with Gasteiger partial charge in [0, 0.05) is 17.5 Å². The third kappa shape index (κ3) is 5.67. The lowest BCUT2D eigenvalue weighted by atomic mass is 9.71. The number of rotatable bonds is 6. The number of allylic oxidation sites excluding steroid dienone is 6. The number of dihydropyridines is 1. The molecule has 5 nitrogen and oxygen atoms in total. The van der Waals surface area contributed by atoms with E-state index in [0.717, 1.165) is 60.1 Å². The maximum absolute atomic E-state index is 12.5. The van der Waals surface area contributed by atoms with Crippen LogP contribution in [0, 0.1) is 0 Å². The first-order valence-corrected chi connectivity index (χ1v) is 13.0. The Bertz CT molecular complexity index is 1180. The summed E-state index contributed by atoms with van der Waals surface area (Å²) < 4.78 is 5.54. The first-order valence-electron chi connectivity index (χ1n) is 12.6. The van der Waals surface area contributed by atoms with Gasteiger partial charge in [0.05, 0.1) is 11.6 Å². The predicted octanol–water partition coefficient (Wildman–Crippen LogP) is 7.49. The summed E-state index contributed by atoms with van der Waals surface area (Å²) in [6, 6.07) is 8.56. The lowest BCUT2D eigenvalue weighted by Crippen LogP contribution is -2.52. The summed E-state index contributed by atoms with van der Waals surface area (Å²) in [5.74, 6) is 0. The van der Waals surface area contributed by atoms with E-state index < -0.39 is 5.60 Å². The number of hydrogen-bond acceptors (Lipinski definition) is 4. The fourth-order valence-electron chi connectivity index (χ4n) is 4.93. The highest BCUT2D eigenvalue weighted by molar-refractivity contribution is 6.70. The number of benzene rings is 1. The molecule has 1 fully saturated rings. The number of hydrogen-bond donors (Lipinski definition) is 2. The molecule has 1 aliphatic heterocycles. The average molecular weight is 506 g/mol. The van der Waals surface area contributed by atoms with Crippen LogP contribution in [0.3, 0.4) is 0 Å². The van der Waals surface area contributed by atoms with E-state index in [4.69, 9.17) is 16.3 Å². The van der Waals surface area contributed by atoms with Gasteiger partial charge in [-0.15, -0.1) is 0 Å². The fraction of sp³-hybridized carbons (Fsp3) is 0.400. The second-order valence-electron chi connectivity index (χ2n) is 10.6. The third-order valence-corrected chi connectivity index (χ3v) is 7.18. The Balaban J connectivity index is 1.63. The van der Waals surface area contributed by atoms with Gasteiger partial charge in [-0.2, -0.15) is 0 Å². The number of carbonyl (C=O) groups is 1. The summed E-state index contributed by atoms with van der Waals surface area (Å²) in [6.07, 6.45) is 14.9. The van der Waals surface area contributed by atoms with Crippen LogP contribution >= 0.6 is 11.6 Å². The molecule has 36 heavy (non-hydrogen) atoms. The van der Waals surface area contributed by atoms with Gasteiger partial charge < -0.3 is 15.4 Å². The number of ether oxygens (including phenoxy) is 1. The molecule has 4 rings (SSSR count). The molecule has 0 aromatic heterocycles. The summed E-state index contributed by atoms with van der Waals surface area (Å²) in [7, 11) is 0. The van der Waals surface area contributed by atoms with E-state index in [-0.39, 0.29) is 17.7 Å². The topological polar surface area (TPSA) is 62.7 Å². The minimum absolute atomic E-state index is 0.0267. The van der Waals surface area contributed by atoms with E-state index in [1.165, 1.54) is 11.8 Å². The number of aliphatic imine (C=N–C) groups is 1. The van der Waals surface area contributed by atoms with Crippen LogP contribution in [0.5, 0.6) is 0 Å². The van der Waals surface area contributed by atoms with Crippen LogP contribution in [-0.2, 0) is 10.3 Å². The van der Waals surface area contributed by atoms with E-state index >= 15 is 0 Å². The van der Waals surface area contributed by atoms with Crippen molar-refractivity contribution in [3.05, 3.63) is 94.9 Å². The molecule has 1 amide bonds. The monoisotopic (exact) mass is 505 g/mol. The van der Waals surface area contributed by atoms with Crippen molar-refractivity contribution in [1.82, 2.24) is 10.6 Å². The second kappa shape index (κ2) is 10.5. The number of nitrogens with one attached hydrogen (secondary N) is 2. The van der Waals surface area contributed by atoms with Crippen LogP contribution in [-0.4, -0.2) is 16.9 Å². The van der Waals surface area contributed by atoms with Crippen LogP contribution in [0.1, 0.15) is 77.0 Å². The molecule has 1 aromatic rings. The lowest BCUT2D eigenvalue weighted by Gasteiger charge is -2.43. The Morgan fingerprint density at radius 3 is 2.53 bits per heavy atom. The van der Waals surface area contributed by atoms with E-state index in [2.05, 4.69) is 70.8 Å². The SMILES string of the molecule is C=CN=C(Cl)C1=C(C)NC(c2ccc(C3(NC(=O)OC(C)(C)C)CCC3)cc2)C(C2=CCCC=C2)=C1. The van der Waals surface area contributed by atoms with Crippen molar-refractivity contribution in [2.75, 3.05) is 0 Å². The van der Waals surface area contributed by atoms with Crippen molar-refractivity contribution in [1.29, 1.82) is 0 Å². The Morgan fingerprint density at radius 1 is 1.25 bits per heavy atom. The zero-order valence-electron chi connectivity index (χ0n) is 21.7. The molecule has 0 saturated heterocycles. The lowest BCUT2D eigenvalue weighted by molar-refractivity contribution is 0.0377. The van der Waals surface area contributed by atoms with E-state index in [0.29, 0.717) is 5.17 Å². The predicted molar refractivity (Wildman–Crippen MR) is 148 cm³/mol. The number of alkyl carbamates (subject to hydrolysis) is 1. The maximum atomic E-state index is 12.5. The van der Waals surface area contributed by atoms with Crippen LogP contribution in [0.15, 0.2) is 88.8 Å². The Morgan fingerprint density at radius 2 is 1.97 bits per heavy atom. The molecule has 1 atom stereocenters. The van der Waals surface area contributed by atoms with Crippen molar-refractivity contribution in [2.24, 2.45) is 4.99 Å². The molecular weight excluding hydrogens is 470 g/mol. The molecule has 1 unspecified atom stereocenters. The van der Waals surface area contributed by atoms with Gasteiger partial charge >= 0.3 is 6.09 Å². The molecule has 190 valence electrons. The third-order valence-electron chi connectivity index (χ3n) is 6.87. The molecule has 1 heterocycles. The molecule has 0 spiro atoms. The largest absolute Gasteiger partial charge is 0.444 e. The molecule has 2 N–H and O–H groups in total. The van der Waals surface area contributed by atoms with E-state index in [1.807, 2.05) is 27.7 Å². The zero-order valence-corrected chi connectivity index (χ0v) is 22.4. The van der Waals surface area contributed by atoms with Gasteiger partial charge in [-0.3, -0.25) is 0 Å². The molecule has 0 bridgehead atoms. The number of amides is 1. The zero-order chi connectivity index (χ0) is 25.9. The number of carbonyl (C=O) groups excluding carboxylic acids is 1. The summed E-state index contributed by atoms with van der Waals surface area (Å²) >= 11 is 6.48. The van der Waals surface area contributed by atoms with E-state index in [1.54, 1.807) is 0 Å². The smallest absolute Gasteiger partial charge is 0.408 e. The van der Waals surface area contributed by atoms with Gasteiger partial charge in [0.1, 0.15) is 10.8 Å². The van der Waals surface area contributed by atoms with Crippen LogP contribution in [0.4, 0.5) is 4.79 Å². The summed E-state index contributed by atoms with van der Waals surface area (Å²) in [5, 5.41) is 7.23. The van der Waals surface area contributed by atoms with Gasteiger partial charge in [-0.05, 0) is 88.1 Å². The Kier molecular flexibility index (Phi) is 7.60. The van der Waals surface area contributed by atoms with Crippen LogP contribution in [0.25, 0.3) is 0 Å². The highest BCUT2D eigenvalue weighted by atomic mass is 35.5. The number of nitrogens with zero attached hydrogens (tertiary/aromatic N) is 1. The van der Waals surface area contributed by atoms with Gasteiger partial charge in [-0.1, -0.05) is 60.7 Å². The first-order chi connectivity index (χ1) is 17.1. The fourth-order valence-corrected chi connectivity index (χ4v) is 5.20. The van der Waals surface area contributed by atoms with Gasteiger partial charge in [0.15, 0.2) is 0 Å². The van der Waals surface area contributed by atoms with Crippen molar-refractivity contribution < 1.29 is 9.53 Å². The molecule has 1 saturated carbocycles. The summed E-state index contributed by atoms with van der Waals surface area (Å²) in [4.78, 5) is 16.7. The van der Waals surface area contributed by atoms with Crippen molar-refractivity contribution in [3.8, 4) is 0 Å². The second-order valence-corrected chi connectivity index (χ2v) is 11.0. The highest BCUT2D eigenvalue weighted by Gasteiger charge is 2.41. The molecule has 0 radical (unpaired) electrons. The standard InChI is InChI=1S/C30H36ClN3O2/c1-6-32-27(31)24-19-25(21-11-8-7-9-12-21)26(33-20(24)2)22-13-15-23(16-14-22)30(17-10-18-30)34-28(35)36-29(3,4)5/h6,8,11-16,19,26,33H,1,7,9-10,17-18H2,2-5H3,(H,34,35). The van der Waals surface area contributed by atoms with Crippen LogP contribution < -0.4 is 10.6 Å². The Hall–Kier alpha value is -3.05. The molecular formula is C30H36ClN3O2. The minimum atomic E-state index is -0.528. The quantitative estimate of drug-likeness (QED) is 0.393. The number of halogens is 1. The van der Waals surface area contributed by atoms with Gasteiger partial charge in [-0.25, -0.2) is 9.79 Å². The summed E-state index contributed by atoms with van der Waals surface area (Å²) in [5.41, 5.74) is 5.54. The van der Waals surface area contributed by atoms with Crippen molar-refractivity contribution in [3.63, 3.8) is 0 Å². The summed E-state index contributed by atoms with van der Waals surface area (Å²) in [6.45, 7) is 11.3. The highest BCUT2D eigenvalue weighted by Crippen LogP contribution is 2.43. The van der Waals surface area contributed by atoms with Gasteiger partial charge in [0.25, 0.3) is 0 Å². The molecule has 2 aliphatic carbocycles. The van der Waals surface area contributed by atoms with Crippen molar-refractivity contribution >= 4 is 22.9 Å². The maximum Gasteiger partial charge on any atom is 0.408 e. The van der Waals surface area contributed by atoms with E-state index in [9.17, 15) is 4.79 Å². The average Bonchev–Trinajstić information content (AvgIpc) is 2.81. The normalized spacial score (nSPS) is 21.6. The van der Waals surface area contributed by atoms with Crippen LogP contribution in [0.2, 0.25) is 0 Å².